The Morgan fingerprint density at radius 2 is 1.80 bits per heavy atom. The van der Waals surface area contributed by atoms with Gasteiger partial charge in [-0.05, 0) is 61.2 Å². The third-order valence-electron chi connectivity index (χ3n) is 8.18. The van der Waals surface area contributed by atoms with E-state index in [1.807, 2.05) is 6.07 Å². The summed E-state index contributed by atoms with van der Waals surface area (Å²) in [5.41, 5.74) is 4.11. The Bertz CT molecular complexity index is 1710. The topological polar surface area (TPSA) is 144 Å². The van der Waals surface area contributed by atoms with Crippen LogP contribution in [0, 0.1) is 0 Å². The molecule has 5 rings (SSSR count). The summed E-state index contributed by atoms with van der Waals surface area (Å²) in [4.78, 5) is 46.8. The zero-order chi connectivity index (χ0) is 33.0. The molecule has 2 amide bonds. The predicted molar refractivity (Wildman–Crippen MR) is 171 cm³/mol. The fourth-order valence-electron chi connectivity index (χ4n) is 6.38. The van der Waals surface area contributed by atoms with E-state index in [4.69, 9.17) is 37.2 Å². The number of benzene rings is 2. The molecule has 4 atom stereocenters. The van der Waals surface area contributed by atoms with Gasteiger partial charge < -0.3 is 14.1 Å². The number of furan rings is 1. The number of sulfonamides is 1. The van der Waals surface area contributed by atoms with Crippen LogP contribution < -0.4 is 10.2 Å². The van der Waals surface area contributed by atoms with Crippen LogP contribution in [0.2, 0.25) is 10.0 Å². The first-order valence-electron chi connectivity index (χ1n) is 15.0. The van der Waals surface area contributed by atoms with Crippen molar-refractivity contribution in [1.82, 2.24) is 15.1 Å². The van der Waals surface area contributed by atoms with E-state index in [0.717, 1.165) is 19.1 Å². The SMILES string of the molecule is CCOC(=O)c1ccc(CONC(=O)C[C@@H]2c3ccccc3C(=O)N([C@H]3CCCC[C@@H]3NS(C)(=O)=O)[C@H]2c2ccc(Cl)cc2Cl)o1. The van der Waals surface area contributed by atoms with Crippen LogP contribution in [0.25, 0.3) is 0 Å². The molecule has 0 radical (unpaired) electrons. The van der Waals surface area contributed by atoms with Gasteiger partial charge in [-0.3, -0.25) is 14.4 Å². The summed E-state index contributed by atoms with van der Waals surface area (Å²) < 4.78 is 37.9. The number of fused-ring (bicyclic) bond motifs is 1. The number of rotatable bonds is 11. The normalized spacial score (nSPS) is 21.5. The Morgan fingerprint density at radius 1 is 1.04 bits per heavy atom. The van der Waals surface area contributed by atoms with Gasteiger partial charge in [0.25, 0.3) is 5.91 Å². The third-order valence-corrected chi connectivity index (χ3v) is 9.48. The Morgan fingerprint density at radius 3 is 2.54 bits per heavy atom. The second kappa shape index (κ2) is 14.6. The van der Waals surface area contributed by atoms with E-state index in [0.29, 0.717) is 45.3 Å². The van der Waals surface area contributed by atoms with Crippen molar-refractivity contribution in [2.75, 3.05) is 12.9 Å². The van der Waals surface area contributed by atoms with Gasteiger partial charge in [-0.1, -0.05) is 60.3 Å². The van der Waals surface area contributed by atoms with Crippen molar-refractivity contribution < 1.29 is 36.8 Å². The minimum atomic E-state index is -3.59. The molecule has 3 aromatic rings. The van der Waals surface area contributed by atoms with Gasteiger partial charge in [0, 0.05) is 40.0 Å². The van der Waals surface area contributed by atoms with Crippen LogP contribution in [0.15, 0.2) is 59.0 Å². The molecule has 14 heteroatoms. The lowest BCUT2D eigenvalue weighted by Gasteiger charge is -2.49. The number of nitrogens with one attached hydrogen (secondary N) is 2. The van der Waals surface area contributed by atoms with E-state index >= 15 is 0 Å². The van der Waals surface area contributed by atoms with Crippen molar-refractivity contribution in [2.24, 2.45) is 0 Å². The first kappa shape index (κ1) is 33.9. The Labute approximate surface area is 277 Å². The second-order valence-electron chi connectivity index (χ2n) is 11.4. The van der Waals surface area contributed by atoms with E-state index in [-0.39, 0.29) is 31.3 Å². The highest BCUT2D eigenvalue weighted by molar-refractivity contribution is 7.88. The zero-order valence-electron chi connectivity index (χ0n) is 25.3. The molecule has 2 aliphatic rings. The number of halogens is 2. The summed E-state index contributed by atoms with van der Waals surface area (Å²) in [5, 5.41) is 0.721. The molecule has 2 N–H and O–H groups in total. The number of amides is 2. The molecule has 1 aromatic heterocycles. The van der Waals surface area contributed by atoms with Gasteiger partial charge in [-0.15, -0.1) is 0 Å². The van der Waals surface area contributed by atoms with Crippen molar-refractivity contribution in [3.8, 4) is 0 Å². The molecule has 0 saturated heterocycles. The van der Waals surface area contributed by atoms with Crippen molar-refractivity contribution in [2.45, 2.75) is 69.7 Å². The number of hydrogen-bond acceptors (Lipinski definition) is 8. The van der Waals surface area contributed by atoms with Gasteiger partial charge >= 0.3 is 5.97 Å². The van der Waals surface area contributed by atoms with Crippen LogP contribution in [-0.4, -0.2) is 56.0 Å². The van der Waals surface area contributed by atoms with Crippen LogP contribution in [-0.2, 0) is 31.0 Å². The number of nitrogens with zero attached hydrogens (tertiary/aromatic N) is 1. The van der Waals surface area contributed by atoms with E-state index in [1.165, 1.54) is 6.07 Å². The lowest BCUT2D eigenvalue weighted by molar-refractivity contribution is -0.136. The first-order valence-corrected chi connectivity index (χ1v) is 17.6. The van der Waals surface area contributed by atoms with Gasteiger partial charge in [-0.25, -0.2) is 23.4 Å². The van der Waals surface area contributed by atoms with E-state index in [1.54, 1.807) is 54.3 Å². The minimum Gasteiger partial charge on any atom is -0.460 e. The molecular weight excluding hydrogens is 657 g/mol. The highest BCUT2D eigenvalue weighted by Gasteiger charge is 2.47. The van der Waals surface area contributed by atoms with Crippen LogP contribution in [0.1, 0.15) is 88.8 Å². The molecule has 2 aromatic carbocycles. The molecule has 0 unspecified atom stereocenters. The highest BCUT2D eigenvalue weighted by Crippen LogP contribution is 2.49. The van der Waals surface area contributed by atoms with Gasteiger partial charge in [-0.2, -0.15) is 0 Å². The fourth-order valence-corrected chi connectivity index (χ4v) is 7.73. The van der Waals surface area contributed by atoms with Crippen LogP contribution in [0.3, 0.4) is 0 Å². The molecule has 1 fully saturated rings. The molecule has 1 aliphatic heterocycles. The molecule has 46 heavy (non-hydrogen) atoms. The largest absolute Gasteiger partial charge is 0.460 e. The van der Waals surface area contributed by atoms with Crippen molar-refractivity contribution >= 4 is 51.0 Å². The molecule has 1 saturated carbocycles. The van der Waals surface area contributed by atoms with Crippen LogP contribution in [0.4, 0.5) is 0 Å². The van der Waals surface area contributed by atoms with Gasteiger partial charge in [0.1, 0.15) is 12.4 Å². The fraction of sp³-hybridized carbons (Fsp3) is 0.406. The number of hydrogen-bond donors (Lipinski definition) is 2. The Balaban J connectivity index is 1.47. The smallest absolute Gasteiger partial charge is 0.374 e. The van der Waals surface area contributed by atoms with Gasteiger partial charge in [0.15, 0.2) is 0 Å². The van der Waals surface area contributed by atoms with Crippen molar-refractivity contribution in [1.29, 1.82) is 0 Å². The molecule has 11 nitrogen and oxygen atoms in total. The maximum Gasteiger partial charge on any atom is 0.374 e. The maximum atomic E-state index is 14.4. The van der Waals surface area contributed by atoms with Gasteiger partial charge in [0.05, 0.1) is 18.9 Å². The summed E-state index contributed by atoms with van der Waals surface area (Å²) in [5.74, 6) is -1.62. The van der Waals surface area contributed by atoms with Crippen molar-refractivity contribution in [3.05, 3.63) is 92.9 Å². The van der Waals surface area contributed by atoms with Crippen molar-refractivity contribution in [3.63, 3.8) is 0 Å². The molecule has 2 heterocycles. The number of esters is 1. The second-order valence-corrected chi connectivity index (χ2v) is 14.0. The average Bonchev–Trinajstić information content (AvgIpc) is 3.48. The molecule has 0 bridgehead atoms. The summed E-state index contributed by atoms with van der Waals surface area (Å²) in [6, 6.07) is 13.3. The standard InChI is InChI=1S/C32H35Cl2N3O8S/c1-3-43-32(40)28-15-13-20(45-28)18-44-35-29(38)17-24-21-8-4-5-9-22(21)31(39)37(30(24)23-14-12-19(33)16-25(23)34)27-11-7-6-10-26(27)36-46(2,41)42/h4-5,8-9,12-16,24,26-27,30,36H,3,6-7,10-11,17-18H2,1-2H3,(H,35,38)/t24-,26+,27+,30+/m1/s1. The zero-order valence-corrected chi connectivity index (χ0v) is 27.7. The number of carbonyl (C=O) groups is 3. The lowest BCUT2D eigenvalue weighted by Crippen LogP contribution is -2.58. The lowest BCUT2D eigenvalue weighted by atomic mass is 9.75. The Hall–Kier alpha value is -3.42. The third kappa shape index (κ3) is 7.75. The van der Waals surface area contributed by atoms with Crippen LogP contribution >= 0.6 is 23.2 Å². The summed E-state index contributed by atoms with van der Waals surface area (Å²) >= 11 is 13.0. The molecular formula is C32H35Cl2N3O8S. The number of hydroxylamine groups is 1. The quantitative estimate of drug-likeness (QED) is 0.197. The highest BCUT2D eigenvalue weighted by atomic mass is 35.5. The van der Waals surface area contributed by atoms with Gasteiger partial charge in [0.2, 0.25) is 21.7 Å². The number of carbonyl (C=O) groups excluding carboxylic acids is 3. The van der Waals surface area contributed by atoms with E-state index in [9.17, 15) is 22.8 Å². The molecule has 1 aliphatic carbocycles. The monoisotopic (exact) mass is 691 g/mol. The maximum absolute atomic E-state index is 14.4. The number of ether oxygens (including phenoxy) is 1. The summed E-state index contributed by atoms with van der Waals surface area (Å²) in [7, 11) is -3.59. The van der Waals surface area contributed by atoms with Crippen LogP contribution in [0.5, 0.6) is 0 Å². The summed E-state index contributed by atoms with van der Waals surface area (Å²) in [6.07, 6.45) is 3.70. The first-order chi connectivity index (χ1) is 22.0. The van der Waals surface area contributed by atoms with E-state index < -0.39 is 45.9 Å². The average molecular weight is 693 g/mol. The molecule has 246 valence electrons. The molecule has 0 spiro atoms. The minimum absolute atomic E-state index is 0.0180. The van der Waals surface area contributed by atoms with E-state index in [2.05, 4.69) is 10.2 Å². The Kier molecular flexibility index (Phi) is 10.7. The summed E-state index contributed by atoms with van der Waals surface area (Å²) in [6.45, 7) is 1.74. The predicted octanol–water partition coefficient (Wildman–Crippen LogP) is 5.54.